The first-order chi connectivity index (χ1) is 19.3. The lowest BCUT2D eigenvalue weighted by Crippen LogP contribution is -1.62. The molecule has 9 rings (SSSR count). The van der Waals surface area contributed by atoms with Crippen molar-refractivity contribution in [2.75, 3.05) is 0 Å². The second kappa shape index (κ2) is 12.6. The molecule has 0 unspecified atom stereocenters. The van der Waals surface area contributed by atoms with Gasteiger partial charge in [-0.2, -0.15) is 0 Å². The molecule has 0 saturated heterocycles. The Labute approximate surface area is 246 Å². The molecule has 2 nitrogen and oxygen atoms in total. The Morgan fingerprint density at radius 3 is 1.31 bits per heavy atom. The van der Waals surface area contributed by atoms with Crippen LogP contribution in [0.4, 0.5) is 0 Å². The highest BCUT2D eigenvalue weighted by Crippen LogP contribution is 2.32. The van der Waals surface area contributed by atoms with Crippen molar-refractivity contribution in [3.05, 3.63) is 131 Å². The Bertz CT molecular complexity index is 1830. The molecule has 39 heavy (non-hydrogen) atoms. The smallest absolute Gasteiger partial charge is 0.181 e. The van der Waals surface area contributed by atoms with Gasteiger partial charge < -0.3 is 0 Å². The minimum Gasteiger partial charge on any atom is -0.224 e. The average Bonchev–Trinajstić information content (AvgIpc) is 3.82. The van der Waals surface area contributed by atoms with Crippen molar-refractivity contribution in [2.24, 2.45) is 0 Å². The third-order valence-electron chi connectivity index (χ3n) is 5.86. The van der Waals surface area contributed by atoms with Crippen LogP contribution in [0.1, 0.15) is 0 Å². The number of aromatic nitrogens is 2. The second-order valence-corrected chi connectivity index (χ2v) is 13.3. The van der Waals surface area contributed by atoms with Crippen LogP contribution in [0.3, 0.4) is 0 Å². The summed E-state index contributed by atoms with van der Waals surface area (Å²) >= 11 is 8.71. The molecule has 5 aromatic heterocycles. The fraction of sp³-hybridized carbons (Fsp3) is 0. The van der Waals surface area contributed by atoms with Gasteiger partial charge in [0.25, 0.3) is 0 Å². The van der Waals surface area contributed by atoms with Crippen LogP contribution in [0.2, 0.25) is 0 Å². The van der Waals surface area contributed by atoms with Gasteiger partial charge in [-0.15, -0.1) is 56.7 Å². The van der Waals surface area contributed by atoms with Gasteiger partial charge in [-0.3, -0.25) is 0 Å². The normalized spacial score (nSPS) is 10.6. The standard InChI is InChI=1S/C12H8S.2C8H6S.C4H2N2S2/c1-3-7-11-9(5-1)10-6-2-4-8-12(10)13-11;2*1-2-4-8-7(3-1)5-6-9-8;1-5-3-4(7-1)8-2-6-3/h1-8H;2*1-6H;1-2H. The Morgan fingerprint density at radius 1 is 0.410 bits per heavy atom. The highest BCUT2D eigenvalue weighted by Gasteiger charge is 2.01. The van der Waals surface area contributed by atoms with E-state index in [2.05, 4.69) is 130 Å². The van der Waals surface area contributed by atoms with E-state index in [1.165, 1.54) is 44.4 Å². The SMILES string of the molecule is c1ccc2c(c1)sc1ccccc12.c1ccc2sccc2c1.c1ccc2sccc2c1.c1nc2ncsc2s1. The number of fused-ring (bicyclic) bond motifs is 6. The van der Waals surface area contributed by atoms with Crippen LogP contribution in [0.15, 0.2) is 131 Å². The second-order valence-electron chi connectivity index (χ2n) is 8.33. The maximum absolute atomic E-state index is 4.00. The molecule has 9 aromatic rings. The molecular formula is C32H22N2S5. The molecule has 0 aliphatic heterocycles. The van der Waals surface area contributed by atoms with Gasteiger partial charge in [0.2, 0.25) is 0 Å². The highest BCUT2D eigenvalue weighted by molar-refractivity contribution is 7.36. The van der Waals surface area contributed by atoms with Gasteiger partial charge in [-0.25, -0.2) is 9.97 Å². The molecule has 0 amide bonds. The van der Waals surface area contributed by atoms with E-state index < -0.39 is 0 Å². The maximum Gasteiger partial charge on any atom is 0.181 e. The zero-order chi connectivity index (χ0) is 26.3. The molecule has 0 aliphatic rings. The largest absolute Gasteiger partial charge is 0.224 e. The molecule has 0 saturated carbocycles. The van der Waals surface area contributed by atoms with Gasteiger partial charge in [0.15, 0.2) is 5.65 Å². The van der Waals surface area contributed by atoms with Gasteiger partial charge in [0, 0.05) is 29.6 Å². The first kappa shape index (κ1) is 25.8. The molecule has 5 heterocycles. The summed E-state index contributed by atoms with van der Waals surface area (Å²) in [5.74, 6) is 0. The van der Waals surface area contributed by atoms with Gasteiger partial charge in [0.1, 0.15) is 4.01 Å². The molecule has 0 radical (unpaired) electrons. The number of rotatable bonds is 0. The topological polar surface area (TPSA) is 25.8 Å². The molecule has 0 N–H and O–H groups in total. The van der Waals surface area contributed by atoms with Crippen LogP contribution in [0, 0.1) is 0 Å². The molecular weight excluding hydrogens is 573 g/mol. The van der Waals surface area contributed by atoms with E-state index in [4.69, 9.17) is 0 Å². The van der Waals surface area contributed by atoms with Crippen molar-refractivity contribution < 1.29 is 0 Å². The van der Waals surface area contributed by atoms with E-state index >= 15 is 0 Å². The Hall–Kier alpha value is -3.46. The Morgan fingerprint density at radius 2 is 0.846 bits per heavy atom. The third kappa shape index (κ3) is 6.24. The van der Waals surface area contributed by atoms with E-state index in [9.17, 15) is 0 Å². The van der Waals surface area contributed by atoms with Crippen LogP contribution in [0.5, 0.6) is 0 Å². The van der Waals surface area contributed by atoms with Crippen molar-refractivity contribution in [2.45, 2.75) is 0 Å². The Kier molecular flexibility index (Phi) is 8.33. The number of hydrogen-bond acceptors (Lipinski definition) is 7. The molecule has 190 valence electrons. The van der Waals surface area contributed by atoms with E-state index in [1.54, 1.807) is 45.3 Å². The van der Waals surface area contributed by atoms with Crippen molar-refractivity contribution in [3.8, 4) is 0 Å². The molecule has 0 atom stereocenters. The molecule has 4 aromatic carbocycles. The van der Waals surface area contributed by atoms with Crippen molar-refractivity contribution >= 4 is 107 Å². The molecule has 0 bridgehead atoms. The quantitative estimate of drug-likeness (QED) is 0.174. The average molecular weight is 595 g/mol. The zero-order valence-corrected chi connectivity index (χ0v) is 24.7. The summed E-state index contributed by atoms with van der Waals surface area (Å²) in [6, 6.07) is 38.2. The molecule has 0 fully saturated rings. The summed E-state index contributed by atoms with van der Waals surface area (Å²) in [5, 5.41) is 9.69. The van der Waals surface area contributed by atoms with Crippen LogP contribution in [-0.4, -0.2) is 9.97 Å². The molecule has 0 spiro atoms. The summed E-state index contributed by atoms with van der Waals surface area (Å²) in [5.41, 5.74) is 4.52. The first-order valence-electron chi connectivity index (χ1n) is 12.2. The number of thiophene rings is 3. The predicted octanol–water partition coefficient (Wildman–Crippen LogP) is 11.6. The number of nitrogens with zero attached hydrogens (tertiary/aromatic N) is 2. The summed E-state index contributed by atoms with van der Waals surface area (Å²) in [4.78, 5) is 7.99. The van der Waals surface area contributed by atoms with Gasteiger partial charge in [0.05, 0.1) is 11.0 Å². The molecule has 0 aliphatic carbocycles. The van der Waals surface area contributed by atoms with Crippen LogP contribution in [-0.2, 0) is 0 Å². The first-order valence-corrected chi connectivity index (χ1v) is 16.5. The monoisotopic (exact) mass is 594 g/mol. The van der Waals surface area contributed by atoms with Crippen LogP contribution < -0.4 is 0 Å². The Balaban J connectivity index is 0.0000000964. The van der Waals surface area contributed by atoms with E-state index in [1.807, 2.05) is 22.4 Å². The zero-order valence-electron chi connectivity index (χ0n) is 20.6. The van der Waals surface area contributed by atoms with Crippen LogP contribution >= 0.6 is 56.7 Å². The van der Waals surface area contributed by atoms with E-state index in [0.717, 1.165) is 5.65 Å². The fourth-order valence-corrected chi connectivity index (χ4v) is 8.09. The summed E-state index contributed by atoms with van der Waals surface area (Å²) in [6.45, 7) is 0. The molecule has 7 heteroatoms. The lowest BCUT2D eigenvalue weighted by atomic mass is 10.2. The maximum atomic E-state index is 4.00. The number of hydrogen-bond donors (Lipinski definition) is 0. The van der Waals surface area contributed by atoms with Crippen molar-refractivity contribution in [1.29, 1.82) is 0 Å². The predicted molar refractivity (Wildman–Crippen MR) is 178 cm³/mol. The third-order valence-corrected chi connectivity index (χ3v) is 10.6. The number of benzene rings is 4. The minimum absolute atomic E-state index is 0.889. The van der Waals surface area contributed by atoms with Gasteiger partial charge >= 0.3 is 0 Å². The van der Waals surface area contributed by atoms with Crippen molar-refractivity contribution in [3.63, 3.8) is 0 Å². The summed E-state index contributed by atoms with van der Waals surface area (Å²) < 4.78 is 6.72. The van der Waals surface area contributed by atoms with Crippen LogP contribution in [0.25, 0.3) is 50.0 Å². The van der Waals surface area contributed by atoms with Gasteiger partial charge in [-0.1, -0.05) is 72.8 Å². The van der Waals surface area contributed by atoms with E-state index in [0.29, 0.717) is 0 Å². The van der Waals surface area contributed by atoms with E-state index in [-0.39, 0.29) is 0 Å². The highest BCUT2D eigenvalue weighted by atomic mass is 32.2. The lowest BCUT2D eigenvalue weighted by Gasteiger charge is -1.88. The van der Waals surface area contributed by atoms with Gasteiger partial charge in [-0.05, 0) is 57.9 Å². The summed E-state index contributed by atoms with van der Waals surface area (Å²) in [7, 11) is 0. The fourth-order valence-electron chi connectivity index (χ4n) is 4.01. The van der Waals surface area contributed by atoms with Crippen molar-refractivity contribution in [1.82, 2.24) is 9.97 Å². The number of thiazole rings is 2. The minimum atomic E-state index is 0.889. The lowest BCUT2D eigenvalue weighted by molar-refractivity contribution is 1.37. The summed E-state index contributed by atoms with van der Waals surface area (Å²) in [6.07, 6.45) is 0.